The smallest absolute Gasteiger partial charge is 0.264 e. The molecule has 9 heteroatoms. The third kappa shape index (κ3) is 6.05. The molecule has 0 fully saturated rings. The van der Waals surface area contributed by atoms with E-state index in [1.54, 1.807) is 18.2 Å². The Hall–Kier alpha value is -3.72. The standard InChI is InChI=1S/C29H34N2O6S/c1-20-7-6-8-23(17-20)36-16-15-30-28(32)27-19-31(38(33,34)24-12-10-22(35-5)11-13-24)25-18-21(29(2,3)4)9-14-26(25)37-27/h6-14,17-18,27H,15-16,19H2,1-5H3,(H,30,32). The highest BCUT2D eigenvalue weighted by Crippen LogP contribution is 2.40. The van der Waals surface area contributed by atoms with Crippen LogP contribution in [0.25, 0.3) is 0 Å². The van der Waals surface area contributed by atoms with E-state index in [2.05, 4.69) is 26.1 Å². The van der Waals surface area contributed by atoms with Crippen LogP contribution in [0.3, 0.4) is 0 Å². The van der Waals surface area contributed by atoms with Gasteiger partial charge in [0.25, 0.3) is 15.9 Å². The van der Waals surface area contributed by atoms with Crippen molar-refractivity contribution in [1.29, 1.82) is 0 Å². The number of amides is 1. The zero-order valence-corrected chi connectivity index (χ0v) is 23.2. The molecular formula is C29H34N2O6S. The highest BCUT2D eigenvalue weighted by atomic mass is 32.2. The van der Waals surface area contributed by atoms with E-state index >= 15 is 0 Å². The first-order chi connectivity index (χ1) is 18.0. The Kier molecular flexibility index (Phi) is 7.87. The Morgan fingerprint density at radius 1 is 1.05 bits per heavy atom. The van der Waals surface area contributed by atoms with Gasteiger partial charge in [0.15, 0.2) is 6.10 Å². The minimum atomic E-state index is -4.00. The van der Waals surface area contributed by atoms with Crippen molar-refractivity contribution in [3.8, 4) is 17.2 Å². The molecule has 1 heterocycles. The first kappa shape index (κ1) is 27.3. The monoisotopic (exact) mass is 538 g/mol. The second-order valence-corrected chi connectivity index (χ2v) is 12.1. The van der Waals surface area contributed by atoms with Crippen LogP contribution < -0.4 is 23.8 Å². The van der Waals surface area contributed by atoms with Gasteiger partial charge in [0.05, 0.1) is 30.8 Å². The van der Waals surface area contributed by atoms with Crippen LogP contribution >= 0.6 is 0 Å². The van der Waals surface area contributed by atoms with Gasteiger partial charge in [-0.2, -0.15) is 0 Å². The SMILES string of the molecule is COc1ccc(S(=O)(=O)N2CC(C(=O)NCCOc3cccc(C)c3)Oc3ccc(C(C)(C)C)cc32)cc1. The summed E-state index contributed by atoms with van der Waals surface area (Å²) in [5, 5.41) is 2.80. The molecule has 3 aromatic carbocycles. The summed E-state index contributed by atoms with van der Waals surface area (Å²) in [5.41, 5.74) is 2.22. The predicted octanol–water partition coefficient (Wildman–Crippen LogP) is 4.45. The molecule has 0 bridgehead atoms. The molecule has 3 aromatic rings. The summed E-state index contributed by atoms with van der Waals surface area (Å²) in [6, 6.07) is 19.3. The average Bonchev–Trinajstić information content (AvgIpc) is 2.89. The van der Waals surface area contributed by atoms with Gasteiger partial charge in [-0.1, -0.05) is 39.0 Å². The number of carbonyl (C=O) groups is 1. The Bertz CT molecular complexity index is 1400. The first-order valence-corrected chi connectivity index (χ1v) is 13.9. The van der Waals surface area contributed by atoms with Crippen molar-refractivity contribution in [1.82, 2.24) is 5.32 Å². The summed E-state index contributed by atoms with van der Waals surface area (Å²) in [4.78, 5) is 13.2. The normalized spacial score (nSPS) is 15.3. The Morgan fingerprint density at radius 3 is 2.45 bits per heavy atom. The lowest BCUT2D eigenvalue weighted by atomic mass is 9.86. The number of sulfonamides is 1. The van der Waals surface area contributed by atoms with Gasteiger partial charge in [0, 0.05) is 0 Å². The zero-order valence-electron chi connectivity index (χ0n) is 22.4. The first-order valence-electron chi connectivity index (χ1n) is 12.4. The predicted molar refractivity (Wildman–Crippen MR) is 147 cm³/mol. The minimum absolute atomic E-state index is 0.0954. The van der Waals surface area contributed by atoms with Crippen LogP contribution in [0, 0.1) is 6.92 Å². The van der Waals surface area contributed by atoms with Crippen LogP contribution in [0.4, 0.5) is 5.69 Å². The maximum Gasteiger partial charge on any atom is 0.264 e. The van der Waals surface area contributed by atoms with Crippen LogP contribution in [0.15, 0.2) is 71.6 Å². The van der Waals surface area contributed by atoms with Gasteiger partial charge < -0.3 is 19.5 Å². The van der Waals surface area contributed by atoms with E-state index in [-0.39, 0.29) is 30.0 Å². The summed E-state index contributed by atoms with van der Waals surface area (Å²) >= 11 is 0. The molecule has 0 aromatic heterocycles. The number of aryl methyl sites for hydroxylation is 1. The number of benzene rings is 3. The van der Waals surface area contributed by atoms with Crippen molar-refractivity contribution in [2.24, 2.45) is 0 Å². The summed E-state index contributed by atoms with van der Waals surface area (Å²) < 4.78 is 45.8. The number of nitrogens with zero attached hydrogens (tertiary/aromatic N) is 1. The van der Waals surface area contributed by atoms with Gasteiger partial charge >= 0.3 is 0 Å². The Morgan fingerprint density at radius 2 is 1.79 bits per heavy atom. The number of fused-ring (bicyclic) bond motifs is 1. The molecule has 1 aliphatic heterocycles. The Labute approximate surface area is 224 Å². The summed E-state index contributed by atoms with van der Waals surface area (Å²) in [5.74, 6) is 1.18. The lowest BCUT2D eigenvalue weighted by molar-refractivity contribution is -0.127. The van der Waals surface area contributed by atoms with Crippen LogP contribution in [-0.2, 0) is 20.2 Å². The number of anilines is 1. The molecule has 202 valence electrons. The molecule has 0 aliphatic carbocycles. The molecule has 38 heavy (non-hydrogen) atoms. The third-order valence-electron chi connectivity index (χ3n) is 6.29. The van der Waals surface area contributed by atoms with Crippen molar-refractivity contribution in [2.75, 3.05) is 31.1 Å². The molecular weight excluding hydrogens is 504 g/mol. The molecule has 1 aliphatic rings. The van der Waals surface area contributed by atoms with E-state index in [0.717, 1.165) is 11.1 Å². The van der Waals surface area contributed by atoms with Gasteiger partial charge in [-0.25, -0.2) is 8.42 Å². The lowest BCUT2D eigenvalue weighted by Gasteiger charge is -2.36. The second-order valence-electron chi connectivity index (χ2n) is 10.2. The molecule has 1 atom stereocenters. The van der Waals surface area contributed by atoms with Gasteiger partial charge in [-0.05, 0) is 72.0 Å². The van der Waals surface area contributed by atoms with Crippen LogP contribution in [0.2, 0.25) is 0 Å². The summed E-state index contributed by atoms with van der Waals surface area (Å²) in [6.07, 6.45) is -1.03. The number of carbonyl (C=O) groups excluding carboxylic acids is 1. The molecule has 8 nitrogen and oxygen atoms in total. The fourth-order valence-corrected chi connectivity index (χ4v) is 5.59. The highest BCUT2D eigenvalue weighted by molar-refractivity contribution is 7.92. The second kappa shape index (κ2) is 10.9. The van der Waals surface area contributed by atoms with E-state index in [1.807, 2.05) is 43.3 Å². The summed E-state index contributed by atoms with van der Waals surface area (Å²) in [6.45, 7) is 8.47. The molecule has 0 spiro atoms. The molecule has 1 amide bonds. The van der Waals surface area contributed by atoms with Crippen molar-refractivity contribution < 1.29 is 27.4 Å². The van der Waals surface area contributed by atoms with Gasteiger partial charge in [0.2, 0.25) is 0 Å². The maximum atomic E-state index is 13.8. The fraction of sp³-hybridized carbons (Fsp3) is 0.345. The van der Waals surface area contributed by atoms with E-state index in [1.165, 1.54) is 23.5 Å². The topological polar surface area (TPSA) is 94.2 Å². The molecule has 1 unspecified atom stereocenters. The molecule has 0 radical (unpaired) electrons. The van der Waals surface area contributed by atoms with E-state index in [4.69, 9.17) is 14.2 Å². The van der Waals surface area contributed by atoms with Gasteiger partial charge in [-0.3, -0.25) is 9.10 Å². The number of hydrogen-bond acceptors (Lipinski definition) is 6. The molecule has 0 saturated carbocycles. The number of nitrogens with one attached hydrogen (secondary N) is 1. The highest BCUT2D eigenvalue weighted by Gasteiger charge is 2.38. The van der Waals surface area contributed by atoms with Crippen molar-refractivity contribution >= 4 is 21.6 Å². The number of hydrogen-bond donors (Lipinski definition) is 1. The zero-order chi connectivity index (χ0) is 27.5. The van der Waals surface area contributed by atoms with E-state index < -0.39 is 22.0 Å². The van der Waals surface area contributed by atoms with Gasteiger partial charge in [0.1, 0.15) is 23.9 Å². The fourth-order valence-electron chi connectivity index (χ4n) is 4.12. The van der Waals surface area contributed by atoms with Crippen LogP contribution in [-0.4, -0.2) is 47.2 Å². The van der Waals surface area contributed by atoms with Crippen molar-refractivity contribution in [2.45, 2.75) is 44.1 Å². The van der Waals surface area contributed by atoms with Crippen LogP contribution in [0.5, 0.6) is 17.2 Å². The molecule has 4 rings (SSSR count). The average molecular weight is 539 g/mol. The third-order valence-corrected chi connectivity index (χ3v) is 8.09. The largest absolute Gasteiger partial charge is 0.497 e. The summed E-state index contributed by atoms with van der Waals surface area (Å²) in [7, 11) is -2.48. The quantitative estimate of drug-likeness (QED) is 0.426. The Balaban J connectivity index is 1.56. The van der Waals surface area contributed by atoms with Crippen molar-refractivity contribution in [3.05, 3.63) is 77.9 Å². The lowest BCUT2D eigenvalue weighted by Crippen LogP contribution is -2.51. The van der Waals surface area contributed by atoms with Gasteiger partial charge in [-0.15, -0.1) is 0 Å². The minimum Gasteiger partial charge on any atom is -0.497 e. The van der Waals surface area contributed by atoms with Crippen LogP contribution in [0.1, 0.15) is 31.9 Å². The van der Waals surface area contributed by atoms with Crippen molar-refractivity contribution in [3.63, 3.8) is 0 Å². The molecule has 0 saturated heterocycles. The number of ether oxygens (including phenoxy) is 3. The van der Waals surface area contributed by atoms with E-state index in [9.17, 15) is 13.2 Å². The number of methoxy groups -OCH3 is 1. The number of rotatable bonds is 8. The molecule has 1 N–H and O–H groups in total. The van der Waals surface area contributed by atoms with E-state index in [0.29, 0.717) is 22.9 Å². The maximum absolute atomic E-state index is 13.8.